The van der Waals surface area contributed by atoms with Gasteiger partial charge in [0.25, 0.3) is 0 Å². The summed E-state index contributed by atoms with van der Waals surface area (Å²) < 4.78 is 5.49. The van der Waals surface area contributed by atoms with Crippen LogP contribution in [-0.2, 0) is 16.0 Å². The highest BCUT2D eigenvalue weighted by Gasteiger charge is 2.30. The lowest BCUT2D eigenvalue weighted by Gasteiger charge is -2.13. The highest BCUT2D eigenvalue weighted by molar-refractivity contribution is 5.86. The molecule has 1 aliphatic rings. The molecular formula is C14H18O2. The zero-order chi connectivity index (χ0) is 11.5. The fourth-order valence-electron chi connectivity index (χ4n) is 2.20. The van der Waals surface area contributed by atoms with Crippen LogP contribution in [-0.4, -0.2) is 18.5 Å². The van der Waals surface area contributed by atoms with Crippen LogP contribution < -0.4 is 0 Å². The molecule has 2 atom stereocenters. The predicted molar refractivity (Wildman–Crippen MR) is 63.4 cm³/mol. The van der Waals surface area contributed by atoms with Gasteiger partial charge in [0.15, 0.2) is 5.78 Å². The highest BCUT2D eigenvalue weighted by Crippen LogP contribution is 2.22. The SMILES string of the molecule is Cc1ccccc1CC(=O)C1OCCC1C. The van der Waals surface area contributed by atoms with E-state index in [4.69, 9.17) is 4.74 Å². The summed E-state index contributed by atoms with van der Waals surface area (Å²) in [5.41, 5.74) is 2.30. The molecule has 0 aromatic heterocycles. The van der Waals surface area contributed by atoms with E-state index in [2.05, 4.69) is 6.92 Å². The first-order valence-corrected chi connectivity index (χ1v) is 5.87. The number of carbonyl (C=O) groups is 1. The van der Waals surface area contributed by atoms with Crippen LogP contribution in [0, 0.1) is 12.8 Å². The Bertz CT molecular complexity index is 384. The third kappa shape index (κ3) is 2.33. The Kier molecular flexibility index (Phi) is 3.39. The molecule has 1 fully saturated rings. The number of hydrogen-bond acceptors (Lipinski definition) is 2. The Morgan fingerprint density at radius 1 is 1.44 bits per heavy atom. The van der Waals surface area contributed by atoms with Crippen LogP contribution in [0.25, 0.3) is 0 Å². The summed E-state index contributed by atoms with van der Waals surface area (Å²) in [7, 11) is 0. The molecule has 0 N–H and O–H groups in total. The van der Waals surface area contributed by atoms with Crippen LogP contribution in [0.1, 0.15) is 24.5 Å². The summed E-state index contributed by atoms with van der Waals surface area (Å²) in [6.07, 6.45) is 1.32. The predicted octanol–water partition coefficient (Wildman–Crippen LogP) is 2.53. The van der Waals surface area contributed by atoms with E-state index < -0.39 is 0 Å². The molecule has 0 radical (unpaired) electrons. The van der Waals surface area contributed by atoms with E-state index in [1.165, 1.54) is 5.56 Å². The zero-order valence-electron chi connectivity index (χ0n) is 9.90. The second-order valence-corrected chi connectivity index (χ2v) is 4.63. The molecule has 2 heteroatoms. The van der Waals surface area contributed by atoms with Crippen molar-refractivity contribution in [3.05, 3.63) is 35.4 Å². The fourth-order valence-corrected chi connectivity index (χ4v) is 2.20. The van der Waals surface area contributed by atoms with Crippen molar-refractivity contribution >= 4 is 5.78 Å². The van der Waals surface area contributed by atoms with Crippen molar-refractivity contribution in [3.63, 3.8) is 0 Å². The van der Waals surface area contributed by atoms with Crippen LogP contribution in [0.2, 0.25) is 0 Å². The Morgan fingerprint density at radius 3 is 2.81 bits per heavy atom. The molecule has 2 nitrogen and oxygen atoms in total. The third-order valence-electron chi connectivity index (χ3n) is 3.33. The van der Waals surface area contributed by atoms with E-state index in [1.807, 2.05) is 31.2 Å². The molecule has 1 aromatic carbocycles. The van der Waals surface area contributed by atoms with E-state index in [9.17, 15) is 4.79 Å². The Hall–Kier alpha value is -1.15. The molecule has 1 aromatic rings. The minimum absolute atomic E-state index is 0.181. The maximum atomic E-state index is 12.1. The summed E-state index contributed by atoms with van der Waals surface area (Å²) in [5, 5.41) is 0. The van der Waals surface area contributed by atoms with Gasteiger partial charge < -0.3 is 4.74 Å². The lowest BCUT2D eigenvalue weighted by molar-refractivity contribution is -0.128. The average Bonchev–Trinajstić information content (AvgIpc) is 2.68. The molecule has 0 aliphatic carbocycles. The van der Waals surface area contributed by atoms with E-state index in [1.54, 1.807) is 0 Å². The average molecular weight is 218 g/mol. The van der Waals surface area contributed by atoms with Gasteiger partial charge in [-0.3, -0.25) is 4.79 Å². The summed E-state index contributed by atoms with van der Waals surface area (Å²) >= 11 is 0. The first kappa shape index (κ1) is 11.3. The summed E-state index contributed by atoms with van der Waals surface area (Å²) in [4.78, 5) is 12.1. The van der Waals surface area contributed by atoms with Crippen molar-refractivity contribution in [2.24, 2.45) is 5.92 Å². The van der Waals surface area contributed by atoms with E-state index in [0.717, 1.165) is 18.6 Å². The first-order chi connectivity index (χ1) is 7.68. The maximum absolute atomic E-state index is 12.1. The monoisotopic (exact) mass is 218 g/mol. The Morgan fingerprint density at radius 2 is 2.19 bits per heavy atom. The lowest BCUT2D eigenvalue weighted by Crippen LogP contribution is -2.26. The van der Waals surface area contributed by atoms with Gasteiger partial charge in [-0.1, -0.05) is 31.2 Å². The van der Waals surface area contributed by atoms with Crippen molar-refractivity contribution in [1.82, 2.24) is 0 Å². The summed E-state index contributed by atoms with van der Waals surface area (Å²) in [6.45, 7) is 4.86. The maximum Gasteiger partial charge on any atom is 0.166 e. The molecule has 1 aliphatic heterocycles. The molecule has 86 valence electrons. The Balaban J connectivity index is 2.05. The van der Waals surface area contributed by atoms with Gasteiger partial charge in [-0.25, -0.2) is 0 Å². The quantitative estimate of drug-likeness (QED) is 0.779. The largest absolute Gasteiger partial charge is 0.370 e. The third-order valence-corrected chi connectivity index (χ3v) is 3.33. The van der Waals surface area contributed by atoms with E-state index in [0.29, 0.717) is 12.3 Å². The number of Topliss-reactive ketones (excluding diaryl/α,β-unsaturated/α-hetero) is 1. The van der Waals surface area contributed by atoms with Gasteiger partial charge in [0.1, 0.15) is 6.10 Å². The lowest BCUT2D eigenvalue weighted by atomic mass is 9.95. The van der Waals surface area contributed by atoms with Gasteiger partial charge in [0, 0.05) is 13.0 Å². The molecule has 0 amide bonds. The molecule has 0 saturated carbocycles. The number of hydrogen-bond donors (Lipinski definition) is 0. The van der Waals surface area contributed by atoms with E-state index >= 15 is 0 Å². The smallest absolute Gasteiger partial charge is 0.166 e. The Labute approximate surface area is 96.6 Å². The van der Waals surface area contributed by atoms with Gasteiger partial charge in [0.05, 0.1) is 0 Å². The van der Waals surface area contributed by atoms with Gasteiger partial charge >= 0.3 is 0 Å². The molecular weight excluding hydrogens is 200 g/mol. The van der Waals surface area contributed by atoms with Gasteiger partial charge in [-0.15, -0.1) is 0 Å². The minimum Gasteiger partial charge on any atom is -0.370 e. The van der Waals surface area contributed by atoms with Crippen LogP contribution in [0.5, 0.6) is 0 Å². The van der Waals surface area contributed by atoms with E-state index in [-0.39, 0.29) is 11.9 Å². The number of aryl methyl sites for hydroxylation is 1. The molecule has 16 heavy (non-hydrogen) atoms. The number of rotatable bonds is 3. The van der Waals surface area contributed by atoms with Crippen molar-refractivity contribution in [2.45, 2.75) is 32.8 Å². The molecule has 0 spiro atoms. The van der Waals surface area contributed by atoms with Gasteiger partial charge in [-0.2, -0.15) is 0 Å². The van der Waals surface area contributed by atoms with Crippen LogP contribution in [0.15, 0.2) is 24.3 Å². The number of ether oxygens (including phenoxy) is 1. The fraction of sp³-hybridized carbons (Fsp3) is 0.500. The molecule has 0 bridgehead atoms. The second-order valence-electron chi connectivity index (χ2n) is 4.63. The minimum atomic E-state index is -0.181. The highest BCUT2D eigenvalue weighted by atomic mass is 16.5. The van der Waals surface area contributed by atoms with Crippen LogP contribution in [0.4, 0.5) is 0 Å². The molecule has 2 rings (SSSR count). The van der Waals surface area contributed by atoms with Crippen molar-refractivity contribution in [2.75, 3.05) is 6.61 Å². The van der Waals surface area contributed by atoms with Crippen molar-refractivity contribution in [3.8, 4) is 0 Å². The number of carbonyl (C=O) groups excluding carboxylic acids is 1. The van der Waals surface area contributed by atoms with Crippen LogP contribution in [0.3, 0.4) is 0 Å². The number of ketones is 1. The van der Waals surface area contributed by atoms with Crippen LogP contribution >= 0.6 is 0 Å². The van der Waals surface area contributed by atoms with Crippen molar-refractivity contribution < 1.29 is 9.53 Å². The molecule has 2 unspecified atom stereocenters. The zero-order valence-corrected chi connectivity index (χ0v) is 9.90. The second kappa shape index (κ2) is 4.79. The van der Waals surface area contributed by atoms with Gasteiger partial charge in [0.2, 0.25) is 0 Å². The normalized spacial score (nSPS) is 24.6. The topological polar surface area (TPSA) is 26.3 Å². The summed E-state index contributed by atoms with van der Waals surface area (Å²) in [5.74, 6) is 0.593. The molecule has 1 heterocycles. The van der Waals surface area contributed by atoms with Gasteiger partial charge in [-0.05, 0) is 30.4 Å². The first-order valence-electron chi connectivity index (χ1n) is 5.87. The summed E-state index contributed by atoms with van der Waals surface area (Å²) in [6, 6.07) is 8.04. The molecule has 1 saturated heterocycles. The van der Waals surface area contributed by atoms with Crippen molar-refractivity contribution in [1.29, 1.82) is 0 Å². The standard InChI is InChI=1S/C14H18O2/c1-10-5-3-4-6-12(10)9-13(15)14-11(2)7-8-16-14/h3-6,11,14H,7-9H2,1-2H3. The number of benzene rings is 1.